The molecule has 14 heavy (non-hydrogen) atoms. The standard InChI is InChI=1S/C10H11ClO3/c1-2-13-7-14-10-5-3-4-9(11)8(10)6-12/h3-6H,2,7H2,1H3. The van der Waals surface area contributed by atoms with Gasteiger partial charge in [-0.3, -0.25) is 4.79 Å². The van der Waals surface area contributed by atoms with Crippen LogP contribution >= 0.6 is 11.6 Å². The van der Waals surface area contributed by atoms with Gasteiger partial charge in [-0.25, -0.2) is 0 Å². The number of aldehydes is 1. The normalized spacial score (nSPS) is 9.86. The van der Waals surface area contributed by atoms with Gasteiger partial charge < -0.3 is 9.47 Å². The molecule has 0 aliphatic rings. The Labute approximate surface area is 87.6 Å². The third-order valence-electron chi connectivity index (χ3n) is 1.63. The van der Waals surface area contributed by atoms with E-state index in [0.717, 1.165) is 0 Å². The van der Waals surface area contributed by atoms with E-state index in [2.05, 4.69) is 0 Å². The summed E-state index contributed by atoms with van der Waals surface area (Å²) in [4.78, 5) is 10.7. The number of hydrogen-bond donors (Lipinski definition) is 0. The Morgan fingerprint density at radius 1 is 1.50 bits per heavy atom. The average Bonchev–Trinajstić information content (AvgIpc) is 2.18. The largest absolute Gasteiger partial charge is 0.467 e. The first-order chi connectivity index (χ1) is 6.79. The Morgan fingerprint density at radius 3 is 2.93 bits per heavy atom. The summed E-state index contributed by atoms with van der Waals surface area (Å²) in [6, 6.07) is 5.03. The van der Waals surface area contributed by atoms with Crippen LogP contribution in [0.25, 0.3) is 0 Å². The molecule has 3 nitrogen and oxygen atoms in total. The maximum Gasteiger partial charge on any atom is 0.189 e. The Hall–Kier alpha value is -1.06. The summed E-state index contributed by atoms with van der Waals surface area (Å²) >= 11 is 5.79. The van der Waals surface area contributed by atoms with Gasteiger partial charge in [-0.15, -0.1) is 0 Å². The van der Waals surface area contributed by atoms with Crippen molar-refractivity contribution in [3.8, 4) is 5.75 Å². The van der Waals surface area contributed by atoms with Crippen molar-refractivity contribution < 1.29 is 14.3 Å². The molecule has 0 aromatic heterocycles. The minimum Gasteiger partial charge on any atom is -0.467 e. The molecule has 0 unspecified atom stereocenters. The molecule has 0 bridgehead atoms. The third kappa shape index (κ3) is 2.72. The van der Waals surface area contributed by atoms with Crippen molar-refractivity contribution in [3.05, 3.63) is 28.8 Å². The maximum absolute atomic E-state index is 10.7. The van der Waals surface area contributed by atoms with Crippen LogP contribution in [0.2, 0.25) is 5.02 Å². The fraction of sp³-hybridized carbons (Fsp3) is 0.300. The monoisotopic (exact) mass is 214 g/mol. The minimum absolute atomic E-state index is 0.123. The van der Waals surface area contributed by atoms with Crippen LogP contribution < -0.4 is 4.74 Å². The van der Waals surface area contributed by atoms with Crippen LogP contribution in [0.5, 0.6) is 5.75 Å². The Bertz CT molecular complexity index is 312. The lowest BCUT2D eigenvalue weighted by atomic mass is 10.2. The first kappa shape index (κ1) is 11.0. The smallest absolute Gasteiger partial charge is 0.189 e. The molecule has 0 N–H and O–H groups in total. The number of carbonyl (C=O) groups is 1. The molecule has 1 aromatic rings. The van der Waals surface area contributed by atoms with Crippen molar-refractivity contribution in [2.75, 3.05) is 13.4 Å². The van der Waals surface area contributed by atoms with Crippen molar-refractivity contribution in [2.24, 2.45) is 0 Å². The highest BCUT2D eigenvalue weighted by molar-refractivity contribution is 6.33. The van der Waals surface area contributed by atoms with Crippen LogP contribution in [-0.4, -0.2) is 19.7 Å². The van der Waals surface area contributed by atoms with Crippen LogP contribution in [0.4, 0.5) is 0 Å². The lowest BCUT2D eigenvalue weighted by molar-refractivity contribution is 0.0221. The van der Waals surface area contributed by atoms with E-state index in [1.54, 1.807) is 18.2 Å². The van der Waals surface area contributed by atoms with Crippen molar-refractivity contribution in [3.63, 3.8) is 0 Å². The van der Waals surface area contributed by atoms with Crippen molar-refractivity contribution in [1.82, 2.24) is 0 Å². The van der Waals surface area contributed by atoms with E-state index in [4.69, 9.17) is 21.1 Å². The predicted octanol–water partition coefficient (Wildman–Crippen LogP) is 2.53. The van der Waals surface area contributed by atoms with Gasteiger partial charge in [0.1, 0.15) is 5.75 Å². The van der Waals surface area contributed by atoms with Crippen molar-refractivity contribution >= 4 is 17.9 Å². The molecule has 0 saturated heterocycles. The summed E-state index contributed by atoms with van der Waals surface area (Å²) in [5, 5.41) is 0.383. The van der Waals surface area contributed by atoms with Crippen LogP contribution in [-0.2, 0) is 4.74 Å². The zero-order chi connectivity index (χ0) is 10.4. The van der Waals surface area contributed by atoms with Gasteiger partial charge in [0.15, 0.2) is 13.1 Å². The Balaban J connectivity index is 2.75. The molecular weight excluding hydrogens is 204 g/mol. The molecule has 0 fully saturated rings. The maximum atomic E-state index is 10.7. The number of ether oxygens (including phenoxy) is 2. The number of rotatable bonds is 5. The van der Waals surface area contributed by atoms with Crippen molar-refractivity contribution in [2.45, 2.75) is 6.92 Å². The summed E-state index contributed by atoms with van der Waals surface area (Å²) in [7, 11) is 0. The molecule has 0 amide bonds. The van der Waals surface area contributed by atoms with Crippen LogP contribution in [0.3, 0.4) is 0 Å². The first-order valence-electron chi connectivity index (χ1n) is 4.23. The summed E-state index contributed by atoms with van der Waals surface area (Å²) < 4.78 is 10.2. The highest BCUT2D eigenvalue weighted by atomic mass is 35.5. The molecule has 0 heterocycles. The number of halogens is 1. The van der Waals surface area contributed by atoms with E-state index < -0.39 is 0 Å². The second-order valence-electron chi connectivity index (χ2n) is 2.52. The lowest BCUT2D eigenvalue weighted by Gasteiger charge is -2.08. The van der Waals surface area contributed by atoms with Gasteiger partial charge in [0.05, 0.1) is 10.6 Å². The summed E-state index contributed by atoms with van der Waals surface area (Å²) in [5.41, 5.74) is 0.355. The molecule has 0 spiro atoms. The number of carbonyl (C=O) groups excluding carboxylic acids is 1. The van der Waals surface area contributed by atoms with E-state index in [0.29, 0.717) is 29.2 Å². The second-order valence-corrected chi connectivity index (χ2v) is 2.93. The second kappa shape index (κ2) is 5.62. The zero-order valence-electron chi connectivity index (χ0n) is 7.83. The number of hydrogen-bond acceptors (Lipinski definition) is 3. The third-order valence-corrected chi connectivity index (χ3v) is 1.96. The fourth-order valence-electron chi connectivity index (χ4n) is 0.946. The van der Waals surface area contributed by atoms with Gasteiger partial charge in [-0.05, 0) is 19.1 Å². The zero-order valence-corrected chi connectivity index (χ0v) is 8.58. The highest BCUT2D eigenvalue weighted by Crippen LogP contribution is 2.24. The summed E-state index contributed by atoms with van der Waals surface area (Å²) in [6.45, 7) is 2.55. The SMILES string of the molecule is CCOCOc1cccc(Cl)c1C=O. The molecule has 0 aliphatic carbocycles. The molecule has 1 aromatic carbocycles. The van der Waals surface area contributed by atoms with Gasteiger partial charge >= 0.3 is 0 Å². The van der Waals surface area contributed by atoms with Crippen LogP contribution in [0, 0.1) is 0 Å². The first-order valence-corrected chi connectivity index (χ1v) is 4.61. The highest BCUT2D eigenvalue weighted by Gasteiger charge is 2.06. The van der Waals surface area contributed by atoms with Gasteiger partial charge in [0.2, 0.25) is 0 Å². The molecular formula is C10H11ClO3. The van der Waals surface area contributed by atoms with E-state index in [1.165, 1.54) is 0 Å². The molecule has 4 heteroatoms. The fourth-order valence-corrected chi connectivity index (χ4v) is 1.16. The van der Waals surface area contributed by atoms with Crippen LogP contribution in [0.1, 0.15) is 17.3 Å². The van der Waals surface area contributed by atoms with Gasteiger partial charge in [-0.2, -0.15) is 0 Å². The Morgan fingerprint density at radius 2 is 2.29 bits per heavy atom. The summed E-state index contributed by atoms with van der Waals surface area (Å²) in [6.07, 6.45) is 0.670. The summed E-state index contributed by atoms with van der Waals surface area (Å²) in [5.74, 6) is 0.445. The van der Waals surface area contributed by atoms with E-state index in [-0.39, 0.29) is 6.79 Å². The van der Waals surface area contributed by atoms with Crippen LogP contribution in [0.15, 0.2) is 18.2 Å². The molecule has 0 atom stereocenters. The van der Waals surface area contributed by atoms with E-state index >= 15 is 0 Å². The van der Waals surface area contributed by atoms with Gasteiger partial charge in [0, 0.05) is 6.61 Å². The quantitative estimate of drug-likeness (QED) is 0.429. The molecule has 1 rings (SSSR count). The lowest BCUT2D eigenvalue weighted by Crippen LogP contribution is -2.04. The molecule has 0 aliphatic heterocycles. The average molecular weight is 215 g/mol. The van der Waals surface area contributed by atoms with Gasteiger partial charge in [0.25, 0.3) is 0 Å². The predicted molar refractivity (Wildman–Crippen MR) is 54.0 cm³/mol. The molecule has 76 valence electrons. The minimum atomic E-state index is 0.123. The topological polar surface area (TPSA) is 35.5 Å². The molecule has 0 radical (unpaired) electrons. The Kier molecular flexibility index (Phi) is 4.43. The van der Waals surface area contributed by atoms with Gasteiger partial charge in [-0.1, -0.05) is 17.7 Å². The molecule has 0 saturated carbocycles. The van der Waals surface area contributed by atoms with Crippen molar-refractivity contribution in [1.29, 1.82) is 0 Å². The number of benzene rings is 1. The van der Waals surface area contributed by atoms with E-state index in [1.807, 2.05) is 6.92 Å². The van der Waals surface area contributed by atoms with E-state index in [9.17, 15) is 4.79 Å².